The van der Waals surface area contributed by atoms with Crippen molar-refractivity contribution in [2.24, 2.45) is 0 Å². The van der Waals surface area contributed by atoms with Crippen LogP contribution in [0.15, 0.2) is 42.5 Å². The number of aryl methyl sites for hydroxylation is 2. The molecule has 1 spiro atoms. The van der Waals surface area contributed by atoms with Crippen LogP contribution in [0.25, 0.3) is 10.9 Å². The maximum absolute atomic E-state index is 13.0. The van der Waals surface area contributed by atoms with Gasteiger partial charge >= 0.3 is 0 Å². The number of likely N-dealkylation sites (tertiary alicyclic amines) is 1. The molecule has 5 rings (SSSR count). The molecule has 0 saturated carbocycles. The molecule has 0 atom stereocenters. The van der Waals surface area contributed by atoms with Crippen molar-refractivity contribution in [1.82, 2.24) is 9.88 Å². The SMILES string of the molecule is Cc1ccc2[nH]c(C(=O)N3CCC4(CC3)C(=O)Nc3cccc(C)c34)cc2c1. The van der Waals surface area contributed by atoms with Crippen molar-refractivity contribution in [2.45, 2.75) is 32.1 Å². The summed E-state index contributed by atoms with van der Waals surface area (Å²) in [5, 5.41) is 4.10. The molecule has 2 N–H and O–H groups in total. The number of piperidine rings is 1. The number of carbonyl (C=O) groups is 2. The lowest BCUT2D eigenvalue weighted by Crippen LogP contribution is -2.48. The first kappa shape index (κ1) is 17.0. The predicted octanol–water partition coefficient (Wildman–Crippen LogP) is 3.91. The van der Waals surface area contributed by atoms with Crippen molar-refractivity contribution >= 4 is 28.4 Å². The first-order valence-corrected chi connectivity index (χ1v) is 9.78. The smallest absolute Gasteiger partial charge is 0.270 e. The number of hydrogen-bond acceptors (Lipinski definition) is 2. The number of carbonyl (C=O) groups excluding carboxylic acids is 2. The van der Waals surface area contributed by atoms with E-state index in [9.17, 15) is 9.59 Å². The third kappa shape index (κ3) is 2.39. The standard InChI is InChI=1S/C23H23N3O2/c1-14-6-7-17-16(12-14)13-19(24-17)21(27)26-10-8-23(9-11-26)20-15(2)4-3-5-18(20)25-22(23)28/h3-7,12-13,24H,8-11H2,1-2H3,(H,25,28). The van der Waals surface area contributed by atoms with Crippen molar-refractivity contribution in [3.63, 3.8) is 0 Å². The average molecular weight is 373 g/mol. The zero-order valence-electron chi connectivity index (χ0n) is 16.1. The maximum atomic E-state index is 13.0. The summed E-state index contributed by atoms with van der Waals surface area (Å²) in [7, 11) is 0. The average Bonchev–Trinajstić information content (AvgIpc) is 3.22. The molecule has 1 saturated heterocycles. The summed E-state index contributed by atoms with van der Waals surface area (Å²) in [5.41, 5.74) is 5.44. The van der Waals surface area contributed by atoms with Gasteiger partial charge in [-0.25, -0.2) is 0 Å². The van der Waals surface area contributed by atoms with Gasteiger partial charge in [-0.05, 0) is 62.1 Å². The maximum Gasteiger partial charge on any atom is 0.270 e. The Kier molecular flexibility index (Phi) is 3.63. The van der Waals surface area contributed by atoms with Gasteiger partial charge in [0.15, 0.2) is 0 Å². The van der Waals surface area contributed by atoms with Crippen LogP contribution in [0.5, 0.6) is 0 Å². The van der Waals surface area contributed by atoms with Crippen molar-refractivity contribution in [3.8, 4) is 0 Å². The number of aromatic amines is 1. The zero-order valence-corrected chi connectivity index (χ0v) is 16.1. The van der Waals surface area contributed by atoms with E-state index in [1.165, 1.54) is 5.56 Å². The largest absolute Gasteiger partial charge is 0.351 e. The normalized spacial score (nSPS) is 17.8. The van der Waals surface area contributed by atoms with Gasteiger partial charge in [0.25, 0.3) is 5.91 Å². The van der Waals surface area contributed by atoms with E-state index in [1.807, 2.05) is 42.2 Å². The number of nitrogens with zero attached hydrogens (tertiary/aromatic N) is 1. The Morgan fingerprint density at radius 3 is 2.64 bits per heavy atom. The second-order valence-corrected chi connectivity index (χ2v) is 8.10. The van der Waals surface area contributed by atoms with E-state index in [0.29, 0.717) is 31.6 Å². The third-order valence-electron chi connectivity index (χ3n) is 6.35. The molecule has 2 aliphatic heterocycles. The van der Waals surface area contributed by atoms with Gasteiger partial charge in [-0.1, -0.05) is 23.8 Å². The fourth-order valence-electron chi connectivity index (χ4n) is 4.87. The fourth-order valence-corrected chi connectivity index (χ4v) is 4.87. The molecule has 0 bridgehead atoms. The Bertz CT molecular complexity index is 1120. The van der Waals surface area contributed by atoms with E-state index in [4.69, 9.17) is 0 Å². The lowest BCUT2D eigenvalue weighted by molar-refractivity contribution is -0.122. The number of fused-ring (bicyclic) bond motifs is 3. The zero-order chi connectivity index (χ0) is 19.5. The highest BCUT2D eigenvalue weighted by molar-refractivity contribution is 6.07. The summed E-state index contributed by atoms with van der Waals surface area (Å²) in [6, 6.07) is 14.1. The molecule has 5 nitrogen and oxygen atoms in total. The van der Waals surface area contributed by atoms with Gasteiger partial charge in [0.1, 0.15) is 5.69 Å². The van der Waals surface area contributed by atoms with Gasteiger partial charge in [-0.2, -0.15) is 0 Å². The topological polar surface area (TPSA) is 65.2 Å². The van der Waals surface area contributed by atoms with Crippen LogP contribution in [0.3, 0.4) is 0 Å². The Morgan fingerprint density at radius 1 is 1.07 bits per heavy atom. The Morgan fingerprint density at radius 2 is 1.86 bits per heavy atom. The first-order valence-electron chi connectivity index (χ1n) is 9.78. The molecule has 1 fully saturated rings. The number of benzene rings is 2. The molecular formula is C23H23N3O2. The number of hydrogen-bond donors (Lipinski definition) is 2. The molecule has 0 radical (unpaired) electrons. The molecule has 1 aromatic heterocycles. The molecule has 28 heavy (non-hydrogen) atoms. The van der Waals surface area contributed by atoms with Crippen molar-refractivity contribution < 1.29 is 9.59 Å². The summed E-state index contributed by atoms with van der Waals surface area (Å²) >= 11 is 0. The Hall–Kier alpha value is -3.08. The minimum absolute atomic E-state index is 0.00659. The van der Waals surface area contributed by atoms with Crippen molar-refractivity contribution in [3.05, 3.63) is 64.8 Å². The second kappa shape index (κ2) is 5.96. The number of aromatic nitrogens is 1. The van der Waals surface area contributed by atoms with E-state index in [-0.39, 0.29) is 11.8 Å². The number of anilines is 1. The minimum atomic E-state index is -0.505. The molecular weight excluding hydrogens is 350 g/mol. The van der Waals surface area contributed by atoms with Crippen LogP contribution < -0.4 is 5.32 Å². The van der Waals surface area contributed by atoms with Gasteiger partial charge in [-0.3, -0.25) is 9.59 Å². The highest BCUT2D eigenvalue weighted by atomic mass is 16.2. The molecule has 2 amide bonds. The predicted molar refractivity (Wildman–Crippen MR) is 110 cm³/mol. The molecule has 0 aliphatic carbocycles. The highest BCUT2D eigenvalue weighted by Crippen LogP contribution is 2.46. The first-order chi connectivity index (χ1) is 13.5. The summed E-state index contributed by atoms with van der Waals surface area (Å²) in [6.45, 7) is 5.26. The van der Waals surface area contributed by atoms with E-state index in [2.05, 4.69) is 29.4 Å². The van der Waals surface area contributed by atoms with Gasteiger partial charge in [0.2, 0.25) is 5.91 Å². The van der Waals surface area contributed by atoms with Crippen molar-refractivity contribution in [1.29, 1.82) is 0 Å². The van der Waals surface area contributed by atoms with Crippen LogP contribution in [0.4, 0.5) is 5.69 Å². The summed E-state index contributed by atoms with van der Waals surface area (Å²) in [4.78, 5) is 31.0. The molecule has 2 aromatic carbocycles. The van der Waals surface area contributed by atoms with Crippen LogP contribution in [-0.2, 0) is 10.2 Å². The van der Waals surface area contributed by atoms with E-state index < -0.39 is 5.41 Å². The molecule has 3 heterocycles. The highest BCUT2D eigenvalue weighted by Gasteiger charge is 2.49. The molecule has 3 aromatic rings. The van der Waals surface area contributed by atoms with Crippen LogP contribution in [0.1, 0.15) is 40.0 Å². The van der Waals surface area contributed by atoms with Crippen LogP contribution in [0.2, 0.25) is 0 Å². The number of H-pyrrole nitrogens is 1. The number of nitrogens with one attached hydrogen (secondary N) is 2. The third-order valence-corrected chi connectivity index (χ3v) is 6.35. The van der Waals surface area contributed by atoms with Gasteiger partial charge in [0.05, 0.1) is 5.41 Å². The Labute approximate surface area is 163 Å². The molecule has 2 aliphatic rings. The summed E-state index contributed by atoms with van der Waals surface area (Å²) in [6.07, 6.45) is 1.31. The van der Waals surface area contributed by atoms with Crippen LogP contribution in [0, 0.1) is 13.8 Å². The molecule has 142 valence electrons. The summed E-state index contributed by atoms with van der Waals surface area (Å²) in [5.74, 6) is 0.0806. The van der Waals surface area contributed by atoms with Crippen LogP contribution in [-0.4, -0.2) is 34.8 Å². The fraction of sp³-hybridized carbons (Fsp3) is 0.304. The number of rotatable bonds is 1. The minimum Gasteiger partial charge on any atom is -0.351 e. The van der Waals surface area contributed by atoms with Gasteiger partial charge in [-0.15, -0.1) is 0 Å². The van der Waals surface area contributed by atoms with Gasteiger partial charge in [0, 0.05) is 29.7 Å². The van der Waals surface area contributed by atoms with Crippen molar-refractivity contribution in [2.75, 3.05) is 18.4 Å². The lowest BCUT2D eigenvalue weighted by Gasteiger charge is -2.38. The quantitative estimate of drug-likeness (QED) is 0.679. The Balaban J connectivity index is 1.40. The van der Waals surface area contributed by atoms with E-state index in [1.54, 1.807) is 0 Å². The lowest BCUT2D eigenvalue weighted by atomic mass is 9.72. The monoisotopic (exact) mass is 373 g/mol. The van der Waals surface area contributed by atoms with E-state index >= 15 is 0 Å². The molecule has 5 heteroatoms. The van der Waals surface area contributed by atoms with Crippen LogP contribution >= 0.6 is 0 Å². The molecule has 0 unspecified atom stereocenters. The van der Waals surface area contributed by atoms with E-state index in [0.717, 1.165) is 27.7 Å². The van der Waals surface area contributed by atoms with Gasteiger partial charge < -0.3 is 15.2 Å². The second-order valence-electron chi connectivity index (χ2n) is 8.10. The summed E-state index contributed by atoms with van der Waals surface area (Å²) < 4.78 is 0. The number of amides is 2.